The molecule has 0 aliphatic heterocycles. The molecule has 1 aliphatic rings. The van der Waals surface area contributed by atoms with Gasteiger partial charge in [-0.15, -0.1) is 11.3 Å². The SMILES string of the molecule is NC1CCCC(O)(c2cccs2)C1. The summed E-state index contributed by atoms with van der Waals surface area (Å²) in [4.78, 5) is 1.07. The molecule has 2 nitrogen and oxygen atoms in total. The second-order valence-corrected chi connectivity index (χ2v) is 4.81. The Hall–Kier alpha value is -0.380. The van der Waals surface area contributed by atoms with Gasteiger partial charge in [0.2, 0.25) is 0 Å². The summed E-state index contributed by atoms with van der Waals surface area (Å²) in [6.45, 7) is 0. The molecule has 0 aromatic carbocycles. The van der Waals surface area contributed by atoms with Crippen molar-refractivity contribution in [2.24, 2.45) is 5.73 Å². The molecule has 3 N–H and O–H groups in total. The van der Waals surface area contributed by atoms with E-state index in [0.717, 1.165) is 24.1 Å². The molecule has 0 amide bonds. The largest absolute Gasteiger partial charge is 0.384 e. The van der Waals surface area contributed by atoms with Crippen LogP contribution in [0, 0.1) is 0 Å². The summed E-state index contributed by atoms with van der Waals surface area (Å²) in [7, 11) is 0. The molecule has 2 atom stereocenters. The lowest BCUT2D eigenvalue weighted by Crippen LogP contribution is -2.38. The molecule has 1 aromatic rings. The fourth-order valence-electron chi connectivity index (χ4n) is 2.06. The van der Waals surface area contributed by atoms with E-state index in [4.69, 9.17) is 5.73 Å². The van der Waals surface area contributed by atoms with Crippen LogP contribution in [0.4, 0.5) is 0 Å². The van der Waals surface area contributed by atoms with Gasteiger partial charge in [-0.1, -0.05) is 6.07 Å². The number of hydrogen-bond acceptors (Lipinski definition) is 3. The van der Waals surface area contributed by atoms with Crippen LogP contribution in [0.3, 0.4) is 0 Å². The maximum atomic E-state index is 10.3. The van der Waals surface area contributed by atoms with E-state index in [-0.39, 0.29) is 6.04 Å². The third kappa shape index (κ3) is 1.77. The summed E-state index contributed by atoms with van der Waals surface area (Å²) in [5, 5.41) is 12.3. The summed E-state index contributed by atoms with van der Waals surface area (Å²) in [5.74, 6) is 0. The fourth-order valence-corrected chi connectivity index (χ4v) is 2.93. The van der Waals surface area contributed by atoms with Gasteiger partial charge in [-0.05, 0) is 37.1 Å². The summed E-state index contributed by atoms with van der Waals surface area (Å²) in [6, 6.07) is 4.15. The maximum Gasteiger partial charge on any atom is 0.100 e. The second kappa shape index (κ2) is 3.40. The highest BCUT2D eigenvalue weighted by molar-refractivity contribution is 7.10. The molecule has 0 bridgehead atoms. The predicted octanol–water partition coefficient (Wildman–Crippen LogP) is 1.84. The fraction of sp³-hybridized carbons (Fsp3) is 0.600. The van der Waals surface area contributed by atoms with E-state index in [0.29, 0.717) is 6.42 Å². The molecule has 0 spiro atoms. The van der Waals surface area contributed by atoms with Crippen LogP contribution in [0.2, 0.25) is 0 Å². The topological polar surface area (TPSA) is 46.2 Å². The number of aliphatic hydroxyl groups is 1. The van der Waals surface area contributed by atoms with Crippen molar-refractivity contribution < 1.29 is 5.11 Å². The molecule has 3 heteroatoms. The summed E-state index contributed by atoms with van der Waals surface area (Å²) in [6.07, 6.45) is 3.66. The Bertz CT molecular complexity index is 272. The molecule has 13 heavy (non-hydrogen) atoms. The number of thiophene rings is 1. The Balaban J connectivity index is 2.20. The van der Waals surface area contributed by atoms with Crippen molar-refractivity contribution in [1.29, 1.82) is 0 Å². The molecule has 1 aromatic heterocycles. The van der Waals surface area contributed by atoms with Gasteiger partial charge in [0.1, 0.15) is 5.60 Å². The molecule has 0 saturated heterocycles. The van der Waals surface area contributed by atoms with Gasteiger partial charge in [0.25, 0.3) is 0 Å². The zero-order valence-corrected chi connectivity index (χ0v) is 8.39. The predicted molar refractivity (Wildman–Crippen MR) is 54.7 cm³/mol. The van der Waals surface area contributed by atoms with Crippen LogP contribution in [0.5, 0.6) is 0 Å². The summed E-state index contributed by atoms with van der Waals surface area (Å²) in [5.41, 5.74) is 5.23. The zero-order chi connectivity index (χ0) is 9.31. The third-order valence-corrected chi connectivity index (χ3v) is 3.81. The Morgan fingerprint density at radius 2 is 2.46 bits per heavy atom. The van der Waals surface area contributed by atoms with Gasteiger partial charge >= 0.3 is 0 Å². The molecule has 2 unspecified atom stereocenters. The van der Waals surface area contributed by atoms with Gasteiger partial charge in [-0.25, -0.2) is 0 Å². The first-order valence-electron chi connectivity index (χ1n) is 4.73. The normalized spacial score (nSPS) is 34.8. The lowest BCUT2D eigenvalue weighted by atomic mass is 9.81. The molecule has 1 saturated carbocycles. The molecule has 0 radical (unpaired) electrons. The monoisotopic (exact) mass is 197 g/mol. The van der Waals surface area contributed by atoms with Gasteiger partial charge in [0.05, 0.1) is 0 Å². The zero-order valence-electron chi connectivity index (χ0n) is 7.57. The van der Waals surface area contributed by atoms with Crippen molar-refractivity contribution in [2.45, 2.75) is 37.3 Å². The highest BCUT2D eigenvalue weighted by Crippen LogP contribution is 2.38. The van der Waals surface area contributed by atoms with E-state index in [1.807, 2.05) is 17.5 Å². The average Bonchev–Trinajstić information content (AvgIpc) is 2.55. The van der Waals surface area contributed by atoms with Gasteiger partial charge in [-0.2, -0.15) is 0 Å². The minimum absolute atomic E-state index is 0.167. The summed E-state index contributed by atoms with van der Waals surface area (Å²) < 4.78 is 0. The first-order valence-corrected chi connectivity index (χ1v) is 5.61. The molecule has 1 fully saturated rings. The molecule has 1 aliphatic carbocycles. The van der Waals surface area contributed by atoms with Crippen molar-refractivity contribution >= 4 is 11.3 Å². The minimum atomic E-state index is -0.633. The molecule has 72 valence electrons. The highest BCUT2D eigenvalue weighted by atomic mass is 32.1. The van der Waals surface area contributed by atoms with Crippen molar-refractivity contribution in [3.05, 3.63) is 22.4 Å². The maximum absolute atomic E-state index is 10.3. The second-order valence-electron chi connectivity index (χ2n) is 3.87. The van der Waals surface area contributed by atoms with Gasteiger partial charge < -0.3 is 10.8 Å². The lowest BCUT2D eigenvalue weighted by Gasteiger charge is -2.34. The lowest BCUT2D eigenvalue weighted by molar-refractivity contribution is -0.00379. The van der Waals surface area contributed by atoms with Crippen LogP contribution < -0.4 is 5.73 Å². The van der Waals surface area contributed by atoms with E-state index in [1.54, 1.807) is 11.3 Å². The Morgan fingerprint density at radius 3 is 3.08 bits per heavy atom. The van der Waals surface area contributed by atoms with E-state index in [2.05, 4.69) is 0 Å². The van der Waals surface area contributed by atoms with Crippen molar-refractivity contribution in [2.75, 3.05) is 0 Å². The van der Waals surface area contributed by atoms with Gasteiger partial charge in [-0.3, -0.25) is 0 Å². The standard InChI is InChI=1S/C10H15NOS/c11-8-3-1-5-10(12,7-8)9-4-2-6-13-9/h2,4,6,8,12H,1,3,5,7,11H2. The van der Waals surface area contributed by atoms with Crippen LogP contribution in [-0.4, -0.2) is 11.1 Å². The summed E-state index contributed by atoms with van der Waals surface area (Å²) >= 11 is 1.62. The quantitative estimate of drug-likeness (QED) is 0.721. The van der Waals surface area contributed by atoms with Crippen LogP contribution in [0.15, 0.2) is 17.5 Å². The van der Waals surface area contributed by atoms with Gasteiger partial charge in [0.15, 0.2) is 0 Å². The van der Waals surface area contributed by atoms with Crippen LogP contribution in [0.25, 0.3) is 0 Å². The molecular formula is C10H15NOS. The average molecular weight is 197 g/mol. The number of nitrogens with two attached hydrogens (primary N) is 1. The van der Waals surface area contributed by atoms with E-state index >= 15 is 0 Å². The Kier molecular flexibility index (Phi) is 2.41. The molecule has 2 rings (SSSR count). The van der Waals surface area contributed by atoms with E-state index in [9.17, 15) is 5.11 Å². The molecular weight excluding hydrogens is 182 g/mol. The van der Waals surface area contributed by atoms with Gasteiger partial charge in [0, 0.05) is 10.9 Å². The smallest absolute Gasteiger partial charge is 0.100 e. The third-order valence-electron chi connectivity index (χ3n) is 2.74. The Labute approximate surface area is 82.4 Å². The van der Waals surface area contributed by atoms with Crippen LogP contribution >= 0.6 is 11.3 Å². The van der Waals surface area contributed by atoms with Crippen molar-refractivity contribution in [3.8, 4) is 0 Å². The first kappa shape index (κ1) is 9.19. The van der Waals surface area contributed by atoms with Crippen molar-refractivity contribution in [3.63, 3.8) is 0 Å². The van der Waals surface area contributed by atoms with E-state index < -0.39 is 5.60 Å². The number of hydrogen-bond donors (Lipinski definition) is 2. The Morgan fingerprint density at radius 1 is 1.62 bits per heavy atom. The van der Waals surface area contributed by atoms with Crippen LogP contribution in [-0.2, 0) is 5.60 Å². The molecule has 1 heterocycles. The van der Waals surface area contributed by atoms with Crippen molar-refractivity contribution in [1.82, 2.24) is 0 Å². The highest BCUT2D eigenvalue weighted by Gasteiger charge is 2.35. The van der Waals surface area contributed by atoms with Crippen LogP contribution in [0.1, 0.15) is 30.6 Å². The first-order chi connectivity index (χ1) is 6.21. The number of rotatable bonds is 1. The minimum Gasteiger partial charge on any atom is -0.384 e. The van der Waals surface area contributed by atoms with E-state index in [1.165, 1.54) is 0 Å².